The lowest BCUT2D eigenvalue weighted by atomic mass is 10.0. The molecule has 1 aromatic rings. The lowest BCUT2D eigenvalue weighted by Crippen LogP contribution is -2.47. The molecule has 2 rings (SSSR count). The predicted octanol–water partition coefficient (Wildman–Crippen LogP) is 2.99. The van der Waals surface area contributed by atoms with E-state index in [0.29, 0.717) is 6.42 Å². The summed E-state index contributed by atoms with van der Waals surface area (Å²) in [5, 5.41) is 5.80. The molecule has 5 nitrogen and oxygen atoms in total. The zero-order valence-corrected chi connectivity index (χ0v) is 13.2. The van der Waals surface area contributed by atoms with Gasteiger partial charge < -0.3 is 15.5 Å². The molecule has 3 amide bonds. The first-order valence-corrected chi connectivity index (χ1v) is 8.09. The van der Waals surface area contributed by atoms with E-state index in [1.807, 2.05) is 35.2 Å². The van der Waals surface area contributed by atoms with Gasteiger partial charge in [-0.1, -0.05) is 31.5 Å². The molecule has 5 heteroatoms. The second-order valence-corrected chi connectivity index (χ2v) is 5.72. The highest BCUT2D eigenvalue weighted by atomic mass is 16.2. The summed E-state index contributed by atoms with van der Waals surface area (Å²) < 4.78 is 0. The zero-order valence-electron chi connectivity index (χ0n) is 13.2. The maximum absolute atomic E-state index is 12.0. The van der Waals surface area contributed by atoms with Crippen LogP contribution in [0.3, 0.4) is 0 Å². The van der Waals surface area contributed by atoms with Crippen molar-refractivity contribution in [1.82, 2.24) is 10.2 Å². The molecule has 1 aliphatic heterocycles. The van der Waals surface area contributed by atoms with Crippen LogP contribution >= 0.6 is 0 Å². The molecule has 0 aliphatic carbocycles. The monoisotopic (exact) mass is 303 g/mol. The molecule has 120 valence electrons. The van der Waals surface area contributed by atoms with E-state index in [-0.39, 0.29) is 18.0 Å². The number of likely N-dealkylation sites (tertiary alicyclic amines) is 1. The van der Waals surface area contributed by atoms with E-state index in [4.69, 9.17) is 0 Å². The van der Waals surface area contributed by atoms with E-state index in [0.717, 1.165) is 44.5 Å². The van der Waals surface area contributed by atoms with E-state index in [1.54, 1.807) is 0 Å². The van der Waals surface area contributed by atoms with Crippen LogP contribution in [-0.4, -0.2) is 36.0 Å². The lowest BCUT2D eigenvalue weighted by Gasteiger charge is -2.32. The van der Waals surface area contributed by atoms with Gasteiger partial charge in [0.05, 0.1) is 0 Å². The van der Waals surface area contributed by atoms with Gasteiger partial charge in [0.2, 0.25) is 5.91 Å². The van der Waals surface area contributed by atoms with Crippen LogP contribution in [0, 0.1) is 0 Å². The fourth-order valence-corrected chi connectivity index (χ4v) is 2.63. The molecule has 0 radical (unpaired) electrons. The van der Waals surface area contributed by atoms with Gasteiger partial charge in [0, 0.05) is 31.2 Å². The Kier molecular flexibility index (Phi) is 6.25. The topological polar surface area (TPSA) is 61.4 Å². The van der Waals surface area contributed by atoms with E-state index < -0.39 is 0 Å². The first kappa shape index (κ1) is 16.3. The number of carbonyl (C=O) groups excluding carboxylic acids is 2. The summed E-state index contributed by atoms with van der Waals surface area (Å²) in [7, 11) is 0. The summed E-state index contributed by atoms with van der Waals surface area (Å²) in [5.74, 6) is 0.244. The van der Waals surface area contributed by atoms with Crippen LogP contribution in [0.2, 0.25) is 0 Å². The van der Waals surface area contributed by atoms with E-state index in [1.165, 1.54) is 0 Å². The number of carbonyl (C=O) groups is 2. The number of nitrogens with zero attached hydrogens (tertiary/aromatic N) is 1. The Morgan fingerprint density at radius 3 is 2.50 bits per heavy atom. The number of piperidine rings is 1. The minimum atomic E-state index is -0.179. The molecule has 1 fully saturated rings. The molecule has 1 heterocycles. The molecule has 0 atom stereocenters. The van der Waals surface area contributed by atoms with Crippen LogP contribution in [0.4, 0.5) is 10.5 Å². The molecule has 0 unspecified atom stereocenters. The standard InChI is InChI=1S/C17H25N3O2/c1-2-3-9-16(21)20-12-10-15(11-13-20)19-17(22)18-14-7-5-4-6-8-14/h4-8,15H,2-3,9-13H2,1H3,(H2,18,19,22). The molecule has 1 aromatic carbocycles. The number of hydrogen-bond donors (Lipinski definition) is 2. The van der Waals surface area contributed by atoms with Crippen LogP contribution in [0.25, 0.3) is 0 Å². The van der Waals surface area contributed by atoms with Crippen molar-refractivity contribution in [3.8, 4) is 0 Å². The average molecular weight is 303 g/mol. The molecule has 0 aromatic heterocycles. The maximum Gasteiger partial charge on any atom is 0.319 e. The van der Waals surface area contributed by atoms with Gasteiger partial charge in [-0.3, -0.25) is 4.79 Å². The fourth-order valence-electron chi connectivity index (χ4n) is 2.63. The Morgan fingerprint density at radius 1 is 1.18 bits per heavy atom. The van der Waals surface area contributed by atoms with Crippen LogP contribution in [-0.2, 0) is 4.79 Å². The summed E-state index contributed by atoms with van der Waals surface area (Å²) in [6, 6.07) is 9.35. The van der Waals surface area contributed by atoms with E-state index >= 15 is 0 Å². The number of amides is 3. The number of benzene rings is 1. The molecular formula is C17H25N3O2. The van der Waals surface area contributed by atoms with Crippen molar-refractivity contribution in [3.05, 3.63) is 30.3 Å². The molecular weight excluding hydrogens is 278 g/mol. The summed E-state index contributed by atoms with van der Waals surface area (Å²) in [5.41, 5.74) is 0.784. The Balaban J connectivity index is 1.71. The van der Waals surface area contributed by atoms with Gasteiger partial charge in [-0.05, 0) is 31.4 Å². The molecule has 0 bridgehead atoms. The number of urea groups is 1. The molecule has 1 aliphatic rings. The van der Waals surface area contributed by atoms with Crippen LogP contribution < -0.4 is 10.6 Å². The highest BCUT2D eigenvalue weighted by Crippen LogP contribution is 2.13. The van der Waals surface area contributed by atoms with Crippen molar-refractivity contribution in [3.63, 3.8) is 0 Å². The predicted molar refractivity (Wildman–Crippen MR) is 87.7 cm³/mol. The van der Waals surface area contributed by atoms with Gasteiger partial charge in [-0.25, -0.2) is 4.79 Å². The number of hydrogen-bond acceptors (Lipinski definition) is 2. The van der Waals surface area contributed by atoms with Crippen molar-refractivity contribution in [2.24, 2.45) is 0 Å². The third-order valence-corrected chi connectivity index (χ3v) is 3.96. The molecule has 2 N–H and O–H groups in total. The van der Waals surface area contributed by atoms with Gasteiger partial charge >= 0.3 is 6.03 Å². The zero-order chi connectivity index (χ0) is 15.8. The molecule has 22 heavy (non-hydrogen) atoms. The van der Waals surface area contributed by atoms with Crippen LogP contribution in [0.15, 0.2) is 30.3 Å². The fraction of sp³-hybridized carbons (Fsp3) is 0.529. The smallest absolute Gasteiger partial charge is 0.319 e. The van der Waals surface area contributed by atoms with Gasteiger partial charge in [-0.15, -0.1) is 0 Å². The number of anilines is 1. The van der Waals surface area contributed by atoms with Crippen LogP contribution in [0.1, 0.15) is 39.0 Å². The first-order valence-electron chi connectivity index (χ1n) is 8.09. The second kappa shape index (κ2) is 8.41. The summed E-state index contributed by atoms with van der Waals surface area (Å²) in [6.07, 6.45) is 4.28. The SMILES string of the molecule is CCCCC(=O)N1CCC(NC(=O)Nc2ccccc2)CC1. The van der Waals surface area contributed by atoms with Crippen molar-refractivity contribution in [2.45, 2.75) is 45.1 Å². The van der Waals surface area contributed by atoms with Crippen molar-refractivity contribution in [1.29, 1.82) is 0 Å². The minimum Gasteiger partial charge on any atom is -0.343 e. The lowest BCUT2D eigenvalue weighted by molar-refractivity contribution is -0.132. The van der Waals surface area contributed by atoms with Gasteiger partial charge in [0.1, 0.15) is 0 Å². The van der Waals surface area contributed by atoms with Gasteiger partial charge in [0.25, 0.3) is 0 Å². The Morgan fingerprint density at radius 2 is 1.86 bits per heavy atom. The third-order valence-electron chi connectivity index (χ3n) is 3.96. The Bertz CT molecular complexity index is 482. The molecule has 0 spiro atoms. The number of rotatable bonds is 5. The second-order valence-electron chi connectivity index (χ2n) is 5.72. The van der Waals surface area contributed by atoms with Crippen molar-refractivity contribution >= 4 is 17.6 Å². The first-order chi connectivity index (χ1) is 10.7. The maximum atomic E-state index is 12.0. The molecule has 1 saturated heterocycles. The third kappa shape index (κ3) is 5.06. The summed E-state index contributed by atoms with van der Waals surface area (Å²) in [4.78, 5) is 25.8. The minimum absolute atomic E-state index is 0.138. The molecule has 0 saturated carbocycles. The Hall–Kier alpha value is -2.04. The highest BCUT2D eigenvalue weighted by Gasteiger charge is 2.23. The largest absolute Gasteiger partial charge is 0.343 e. The van der Waals surface area contributed by atoms with E-state index in [9.17, 15) is 9.59 Å². The Labute approximate surface area is 132 Å². The normalized spacial score (nSPS) is 15.4. The highest BCUT2D eigenvalue weighted by molar-refractivity contribution is 5.89. The van der Waals surface area contributed by atoms with E-state index in [2.05, 4.69) is 17.6 Å². The summed E-state index contributed by atoms with van der Waals surface area (Å²) in [6.45, 7) is 3.56. The van der Waals surface area contributed by atoms with Crippen molar-refractivity contribution in [2.75, 3.05) is 18.4 Å². The quantitative estimate of drug-likeness (QED) is 0.878. The number of nitrogens with one attached hydrogen (secondary N) is 2. The number of unbranched alkanes of at least 4 members (excludes halogenated alkanes) is 1. The van der Waals surface area contributed by atoms with Crippen LogP contribution in [0.5, 0.6) is 0 Å². The van der Waals surface area contributed by atoms with Crippen molar-refractivity contribution < 1.29 is 9.59 Å². The summed E-state index contributed by atoms with van der Waals surface area (Å²) >= 11 is 0. The van der Waals surface area contributed by atoms with Gasteiger partial charge in [0.15, 0.2) is 0 Å². The number of para-hydroxylation sites is 1. The average Bonchev–Trinajstić information content (AvgIpc) is 2.54. The van der Waals surface area contributed by atoms with Gasteiger partial charge in [-0.2, -0.15) is 0 Å².